The summed E-state index contributed by atoms with van der Waals surface area (Å²) in [5, 5.41) is 26.7. The molecule has 22 heavy (non-hydrogen) atoms. The van der Waals surface area contributed by atoms with Gasteiger partial charge in [-0.25, -0.2) is 0 Å². The number of rotatable bonds is 3. The molecule has 0 saturated carbocycles. The molecule has 1 heterocycles. The van der Waals surface area contributed by atoms with Crippen molar-refractivity contribution in [3.63, 3.8) is 0 Å². The number of benzene rings is 1. The highest BCUT2D eigenvalue weighted by molar-refractivity contribution is 5.66. The van der Waals surface area contributed by atoms with Crippen LogP contribution in [0, 0.1) is 34.0 Å². The zero-order valence-corrected chi connectivity index (χ0v) is 11.4. The number of nitrogens with two attached hydrogens (primary N) is 1. The van der Waals surface area contributed by atoms with Crippen LogP contribution in [0.25, 0.3) is 17.4 Å². The first-order valence-electron chi connectivity index (χ1n) is 6.27. The monoisotopic (exact) mass is 286 g/mol. The van der Waals surface area contributed by atoms with Gasteiger partial charge in [-0.1, -0.05) is 30.3 Å². The molecule has 0 saturated heterocycles. The molecule has 0 amide bonds. The van der Waals surface area contributed by atoms with Gasteiger partial charge in [0.25, 0.3) is 0 Å². The molecule has 2 rings (SSSR count). The molecule has 0 aliphatic carbocycles. The molecule has 0 spiro atoms. The molecule has 0 fully saturated rings. The van der Waals surface area contributed by atoms with Crippen LogP contribution < -0.4 is 5.73 Å². The van der Waals surface area contributed by atoms with Crippen LogP contribution in [0.4, 0.5) is 0 Å². The maximum absolute atomic E-state index is 9.13. The molecule has 2 aromatic rings. The first kappa shape index (κ1) is 14.7. The van der Waals surface area contributed by atoms with E-state index in [9.17, 15) is 0 Å². The van der Waals surface area contributed by atoms with Gasteiger partial charge in [0.2, 0.25) is 0 Å². The Kier molecular flexibility index (Phi) is 4.40. The van der Waals surface area contributed by atoms with Gasteiger partial charge in [-0.05, 0) is 12.1 Å². The smallest absolute Gasteiger partial charge is 0.153 e. The SMILES string of the molecule is N#CC(C#N)=C(N)/C(C#N)=C\c1ccc(-c2ccccc2)o1. The van der Waals surface area contributed by atoms with E-state index in [1.165, 1.54) is 6.08 Å². The summed E-state index contributed by atoms with van der Waals surface area (Å²) >= 11 is 0. The third-order valence-electron chi connectivity index (χ3n) is 2.88. The molecule has 2 N–H and O–H groups in total. The van der Waals surface area contributed by atoms with Crippen molar-refractivity contribution in [2.75, 3.05) is 0 Å². The van der Waals surface area contributed by atoms with Crippen LogP contribution in [0.15, 0.2) is 63.7 Å². The van der Waals surface area contributed by atoms with Gasteiger partial charge in [-0.2, -0.15) is 15.8 Å². The first-order valence-corrected chi connectivity index (χ1v) is 6.27. The Morgan fingerprint density at radius 3 is 2.23 bits per heavy atom. The van der Waals surface area contributed by atoms with Gasteiger partial charge in [0, 0.05) is 11.6 Å². The maximum atomic E-state index is 9.13. The molecule has 104 valence electrons. The summed E-state index contributed by atoms with van der Waals surface area (Å²) < 4.78 is 5.63. The fourth-order valence-corrected chi connectivity index (χ4v) is 1.78. The average molecular weight is 286 g/mol. The number of nitrogens with zero attached hydrogens (tertiary/aromatic N) is 3. The molecular formula is C17H10N4O. The Balaban J connectivity index is 2.40. The van der Waals surface area contributed by atoms with E-state index in [2.05, 4.69) is 0 Å². The lowest BCUT2D eigenvalue weighted by molar-refractivity contribution is 0.571. The molecule has 0 aliphatic rings. The van der Waals surface area contributed by atoms with Crippen molar-refractivity contribution >= 4 is 6.08 Å². The zero-order valence-electron chi connectivity index (χ0n) is 11.4. The summed E-state index contributed by atoms with van der Waals surface area (Å²) in [5.41, 5.74) is 6.10. The van der Waals surface area contributed by atoms with E-state index >= 15 is 0 Å². The summed E-state index contributed by atoms with van der Waals surface area (Å²) in [7, 11) is 0. The fourth-order valence-electron chi connectivity index (χ4n) is 1.78. The van der Waals surface area contributed by atoms with Crippen molar-refractivity contribution in [1.82, 2.24) is 0 Å². The predicted molar refractivity (Wildman–Crippen MR) is 80.2 cm³/mol. The molecule has 0 radical (unpaired) electrons. The first-order chi connectivity index (χ1) is 10.7. The van der Waals surface area contributed by atoms with Gasteiger partial charge in [0.05, 0.1) is 11.3 Å². The molecule has 5 heteroatoms. The maximum Gasteiger partial charge on any atom is 0.153 e. The summed E-state index contributed by atoms with van der Waals surface area (Å²) in [5.74, 6) is 1.06. The highest BCUT2D eigenvalue weighted by Crippen LogP contribution is 2.23. The van der Waals surface area contributed by atoms with Crippen LogP contribution in [0.5, 0.6) is 0 Å². The highest BCUT2D eigenvalue weighted by Gasteiger charge is 2.10. The van der Waals surface area contributed by atoms with E-state index in [0.717, 1.165) is 5.56 Å². The molecule has 0 atom stereocenters. The fraction of sp³-hybridized carbons (Fsp3) is 0. The lowest BCUT2D eigenvalue weighted by atomic mass is 10.1. The van der Waals surface area contributed by atoms with Crippen LogP contribution in [0.1, 0.15) is 5.76 Å². The van der Waals surface area contributed by atoms with E-state index in [1.54, 1.807) is 24.3 Å². The third-order valence-corrected chi connectivity index (χ3v) is 2.88. The minimum Gasteiger partial charge on any atom is -0.457 e. The van der Waals surface area contributed by atoms with Crippen molar-refractivity contribution in [1.29, 1.82) is 15.8 Å². The van der Waals surface area contributed by atoms with E-state index in [-0.39, 0.29) is 16.8 Å². The standard InChI is InChI=1S/C17H10N4O/c18-9-13(17(21)14(10-19)11-20)8-15-6-7-16(22-15)12-4-2-1-3-5-12/h1-8H,21H2/b13-8-. The minimum atomic E-state index is -0.303. The van der Waals surface area contributed by atoms with Crippen molar-refractivity contribution in [2.45, 2.75) is 0 Å². The summed E-state index contributed by atoms with van der Waals surface area (Å²) in [6.45, 7) is 0. The molecule has 0 unspecified atom stereocenters. The van der Waals surface area contributed by atoms with E-state index < -0.39 is 0 Å². The lowest BCUT2D eigenvalue weighted by Crippen LogP contribution is -2.03. The highest BCUT2D eigenvalue weighted by atomic mass is 16.3. The van der Waals surface area contributed by atoms with Gasteiger partial charge >= 0.3 is 0 Å². The summed E-state index contributed by atoms with van der Waals surface area (Å²) in [6.07, 6.45) is 1.40. The van der Waals surface area contributed by atoms with Crippen LogP contribution in [-0.4, -0.2) is 0 Å². The van der Waals surface area contributed by atoms with Crippen molar-refractivity contribution in [3.8, 4) is 29.5 Å². The Bertz CT molecular complexity index is 852. The van der Waals surface area contributed by atoms with Crippen LogP contribution >= 0.6 is 0 Å². The van der Waals surface area contributed by atoms with E-state index in [4.69, 9.17) is 25.9 Å². The minimum absolute atomic E-state index is 0.00654. The Labute approximate surface area is 127 Å². The molecule has 5 nitrogen and oxygen atoms in total. The molecular weight excluding hydrogens is 276 g/mol. The van der Waals surface area contributed by atoms with Crippen LogP contribution in [0.2, 0.25) is 0 Å². The van der Waals surface area contributed by atoms with E-state index in [0.29, 0.717) is 11.5 Å². The van der Waals surface area contributed by atoms with Crippen LogP contribution in [-0.2, 0) is 0 Å². The second-order valence-corrected chi connectivity index (χ2v) is 4.25. The Morgan fingerprint density at radius 2 is 1.64 bits per heavy atom. The topological polar surface area (TPSA) is 111 Å². The quantitative estimate of drug-likeness (QED) is 0.688. The third kappa shape index (κ3) is 3.04. The number of allylic oxidation sites excluding steroid dienone is 2. The number of hydrogen-bond acceptors (Lipinski definition) is 5. The summed E-state index contributed by atoms with van der Waals surface area (Å²) in [4.78, 5) is 0. The zero-order chi connectivity index (χ0) is 15.9. The van der Waals surface area contributed by atoms with Crippen LogP contribution in [0.3, 0.4) is 0 Å². The molecule has 0 aliphatic heterocycles. The Morgan fingerprint density at radius 1 is 0.955 bits per heavy atom. The Hall–Kier alpha value is -3.75. The number of nitriles is 3. The second kappa shape index (κ2) is 6.61. The molecule has 0 bridgehead atoms. The number of furan rings is 1. The van der Waals surface area contributed by atoms with Gasteiger partial charge < -0.3 is 10.2 Å². The van der Waals surface area contributed by atoms with Gasteiger partial charge in [0.15, 0.2) is 5.57 Å². The van der Waals surface area contributed by atoms with Crippen molar-refractivity contribution in [2.24, 2.45) is 5.73 Å². The lowest BCUT2D eigenvalue weighted by Gasteiger charge is -1.98. The number of hydrogen-bond donors (Lipinski definition) is 1. The molecule has 1 aromatic heterocycles. The normalized spacial score (nSPS) is 10.1. The summed E-state index contributed by atoms with van der Waals surface area (Å²) in [6, 6.07) is 18.1. The van der Waals surface area contributed by atoms with Crippen molar-refractivity contribution < 1.29 is 4.42 Å². The second-order valence-electron chi connectivity index (χ2n) is 4.25. The largest absolute Gasteiger partial charge is 0.457 e. The van der Waals surface area contributed by atoms with Crippen molar-refractivity contribution in [3.05, 3.63) is 65.1 Å². The van der Waals surface area contributed by atoms with E-state index in [1.807, 2.05) is 36.4 Å². The predicted octanol–water partition coefficient (Wildman–Crippen LogP) is 3.11. The van der Waals surface area contributed by atoms with Gasteiger partial charge in [0.1, 0.15) is 29.7 Å². The average Bonchev–Trinajstić information content (AvgIpc) is 3.03. The van der Waals surface area contributed by atoms with Gasteiger partial charge in [-0.15, -0.1) is 0 Å². The molecule has 1 aromatic carbocycles. The van der Waals surface area contributed by atoms with Gasteiger partial charge in [-0.3, -0.25) is 0 Å².